The van der Waals surface area contributed by atoms with Crippen molar-refractivity contribution in [3.63, 3.8) is 0 Å². The Hall–Kier alpha value is -2.55. The first-order chi connectivity index (χ1) is 12.6. The normalized spacial score (nSPS) is 22.5. The summed E-state index contributed by atoms with van der Waals surface area (Å²) in [6.45, 7) is 0.111. The van der Waals surface area contributed by atoms with Crippen LogP contribution in [-0.2, 0) is 14.4 Å². The number of nitrogens with one attached hydrogen (secondary N) is 1. The number of likely N-dealkylation sites (tertiary alicyclic amines) is 1. The maximum absolute atomic E-state index is 12.4. The molecular formula is C17H18N4O4S. The molecule has 1 N–H and O–H groups in total. The molecule has 8 nitrogen and oxygen atoms in total. The van der Waals surface area contributed by atoms with Gasteiger partial charge in [0.25, 0.3) is 0 Å². The van der Waals surface area contributed by atoms with Crippen molar-refractivity contribution in [2.75, 3.05) is 11.9 Å². The molecule has 2 atom stereocenters. The summed E-state index contributed by atoms with van der Waals surface area (Å²) >= 11 is 1.20. The minimum absolute atomic E-state index is 0.0482. The first kappa shape index (κ1) is 16.9. The van der Waals surface area contributed by atoms with Crippen LogP contribution in [0.25, 0.3) is 10.8 Å². The number of amides is 3. The van der Waals surface area contributed by atoms with Gasteiger partial charge in [0.05, 0.1) is 18.1 Å². The number of carbonyl (C=O) groups is 3. The van der Waals surface area contributed by atoms with Crippen LogP contribution in [0.4, 0.5) is 5.13 Å². The van der Waals surface area contributed by atoms with Crippen LogP contribution in [0.15, 0.2) is 22.8 Å². The van der Waals surface area contributed by atoms with E-state index in [1.807, 2.05) is 0 Å². The number of carbonyl (C=O) groups excluding carboxylic acids is 3. The first-order valence-electron chi connectivity index (χ1n) is 8.66. The lowest BCUT2D eigenvalue weighted by Gasteiger charge is -2.19. The summed E-state index contributed by atoms with van der Waals surface area (Å²) in [5, 5.41) is 11.5. The maximum atomic E-state index is 12.4. The summed E-state index contributed by atoms with van der Waals surface area (Å²) in [4.78, 5) is 38.2. The van der Waals surface area contributed by atoms with E-state index < -0.39 is 0 Å². The van der Waals surface area contributed by atoms with Crippen molar-refractivity contribution in [2.45, 2.75) is 32.1 Å². The molecule has 0 bridgehead atoms. The largest absolute Gasteiger partial charge is 0.462 e. The van der Waals surface area contributed by atoms with Gasteiger partial charge >= 0.3 is 0 Å². The van der Waals surface area contributed by atoms with Crippen molar-refractivity contribution < 1.29 is 18.8 Å². The molecule has 0 unspecified atom stereocenters. The van der Waals surface area contributed by atoms with Crippen LogP contribution in [0, 0.1) is 11.8 Å². The van der Waals surface area contributed by atoms with Crippen LogP contribution in [0.5, 0.6) is 0 Å². The summed E-state index contributed by atoms with van der Waals surface area (Å²) in [5.74, 6) is -0.329. The van der Waals surface area contributed by atoms with Gasteiger partial charge in [0.2, 0.25) is 22.9 Å². The minimum Gasteiger partial charge on any atom is -0.462 e. The molecule has 3 heterocycles. The molecular weight excluding hydrogens is 356 g/mol. The monoisotopic (exact) mass is 374 g/mol. The van der Waals surface area contributed by atoms with Gasteiger partial charge in [-0.1, -0.05) is 24.2 Å². The van der Waals surface area contributed by atoms with Gasteiger partial charge in [-0.25, -0.2) is 0 Å². The van der Waals surface area contributed by atoms with E-state index in [1.165, 1.54) is 22.5 Å². The van der Waals surface area contributed by atoms with Crippen molar-refractivity contribution in [1.29, 1.82) is 0 Å². The Labute approximate surface area is 153 Å². The number of rotatable bonds is 5. The van der Waals surface area contributed by atoms with Gasteiger partial charge in [-0.3, -0.25) is 19.3 Å². The zero-order valence-corrected chi connectivity index (χ0v) is 14.8. The summed E-state index contributed by atoms with van der Waals surface area (Å²) in [7, 11) is 0. The van der Waals surface area contributed by atoms with Gasteiger partial charge < -0.3 is 9.73 Å². The molecule has 0 aromatic carbocycles. The van der Waals surface area contributed by atoms with Crippen LogP contribution in [0.2, 0.25) is 0 Å². The molecule has 0 radical (unpaired) electrons. The van der Waals surface area contributed by atoms with Gasteiger partial charge in [-0.2, -0.15) is 0 Å². The highest BCUT2D eigenvalue weighted by Gasteiger charge is 2.47. The molecule has 2 fully saturated rings. The number of nitrogens with zero attached hydrogens (tertiary/aromatic N) is 3. The summed E-state index contributed by atoms with van der Waals surface area (Å²) in [6, 6.07) is 3.51. The Morgan fingerprint density at radius 3 is 2.62 bits per heavy atom. The Morgan fingerprint density at radius 1 is 1.23 bits per heavy atom. The van der Waals surface area contributed by atoms with Crippen molar-refractivity contribution >= 4 is 34.2 Å². The fourth-order valence-electron chi connectivity index (χ4n) is 3.62. The smallest absolute Gasteiger partial charge is 0.233 e. The number of fused-ring (bicyclic) bond motifs is 1. The standard InChI is InChI=1S/C17H18N4O4S/c22-13(18-17-20-19-14(26-17)12-6-3-9-25-12)7-8-21-15(23)10-4-1-2-5-11(10)16(21)24/h3,6,9-11H,1-2,4-5,7-8H2,(H,18,20,22)/t10-,11+. The molecule has 26 heavy (non-hydrogen) atoms. The lowest BCUT2D eigenvalue weighted by molar-refractivity contribution is -0.140. The van der Waals surface area contributed by atoms with Gasteiger partial charge in [0, 0.05) is 13.0 Å². The number of hydrogen-bond donors (Lipinski definition) is 1. The third kappa shape index (κ3) is 3.14. The Kier molecular flexibility index (Phi) is 4.54. The predicted octanol–water partition coefficient (Wildman–Crippen LogP) is 2.30. The molecule has 1 aliphatic carbocycles. The third-order valence-corrected chi connectivity index (χ3v) is 5.75. The summed E-state index contributed by atoms with van der Waals surface area (Å²) < 4.78 is 5.24. The molecule has 1 aliphatic heterocycles. The molecule has 9 heteroatoms. The number of anilines is 1. The lowest BCUT2D eigenvalue weighted by atomic mass is 9.81. The molecule has 2 aromatic rings. The van der Waals surface area contributed by atoms with E-state index in [1.54, 1.807) is 12.1 Å². The average Bonchev–Trinajstić information content (AvgIpc) is 3.36. The van der Waals surface area contributed by atoms with Gasteiger partial charge in [0.15, 0.2) is 10.8 Å². The molecule has 136 valence electrons. The Bertz CT molecular complexity index is 808. The fraction of sp³-hybridized carbons (Fsp3) is 0.471. The van der Waals surface area contributed by atoms with Crippen LogP contribution in [0.1, 0.15) is 32.1 Å². The van der Waals surface area contributed by atoms with Crippen LogP contribution in [0.3, 0.4) is 0 Å². The molecule has 1 saturated heterocycles. The van der Waals surface area contributed by atoms with Crippen LogP contribution >= 0.6 is 11.3 Å². The van der Waals surface area contributed by atoms with Crippen molar-refractivity contribution in [2.24, 2.45) is 11.8 Å². The molecule has 4 rings (SSSR count). The van der Waals surface area contributed by atoms with Crippen molar-refractivity contribution in [1.82, 2.24) is 15.1 Å². The molecule has 0 spiro atoms. The van der Waals surface area contributed by atoms with E-state index in [4.69, 9.17) is 4.42 Å². The topological polar surface area (TPSA) is 105 Å². The highest BCUT2D eigenvalue weighted by Crippen LogP contribution is 2.38. The highest BCUT2D eigenvalue weighted by atomic mass is 32.1. The SMILES string of the molecule is O=C(CCN1C(=O)[C@H]2CCCC[C@H]2C1=O)Nc1nnc(-c2ccco2)s1. The van der Waals surface area contributed by atoms with E-state index in [-0.39, 0.29) is 42.5 Å². The maximum Gasteiger partial charge on any atom is 0.233 e. The van der Waals surface area contributed by atoms with Crippen LogP contribution in [-0.4, -0.2) is 39.4 Å². The second-order valence-corrected chi connectivity index (χ2v) is 7.49. The summed E-state index contributed by atoms with van der Waals surface area (Å²) in [5.41, 5.74) is 0. The second kappa shape index (κ2) is 6.99. The van der Waals surface area contributed by atoms with Crippen molar-refractivity contribution in [3.8, 4) is 10.8 Å². The van der Waals surface area contributed by atoms with Crippen LogP contribution < -0.4 is 5.32 Å². The van der Waals surface area contributed by atoms with E-state index >= 15 is 0 Å². The number of furan rings is 1. The quantitative estimate of drug-likeness (QED) is 0.805. The fourth-order valence-corrected chi connectivity index (χ4v) is 4.35. The highest BCUT2D eigenvalue weighted by molar-refractivity contribution is 7.18. The Balaban J connectivity index is 1.33. The molecule has 2 aromatic heterocycles. The van der Waals surface area contributed by atoms with Gasteiger partial charge in [-0.15, -0.1) is 10.2 Å². The Morgan fingerprint density at radius 2 is 1.96 bits per heavy atom. The number of aromatic nitrogens is 2. The molecule has 2 aliphatic rings. The van der Waals surface area contributed by atoms with Gasteiger partial charge in [-0.05, 0) is 25.0 Å². The number of hydrogen-bond acceptors (Lipinski definition) is 7. The van der Waals surface area contributed by atoms with E-state index in [0.717, 1.165) is 25.7 Å². The van der Waals surface area contributed by atoms with E-state index in [9.17, 15) is 14.4 Å². The zero-order valence-electron chi connectivity index (χ0n) is 14.0. The zero-order chi connectivity index (χ0) is 18.1. The lowest BCUT2D eigenvalue weighted by Crippen LogP contribution is -2.34. The number of imide groups is 1. The summed E-state index contributed by atoms with van der Waals surface area (Å²) in [6.07, 6.45) is 5.12. The molecule has 1 saturated carbocycles. The van der Waals surface area contributed by atoms with Crippen molar-refractivity contribution in [3.05, 3.63) is 18.4 Å². The minimum atomic E-state index is -0.303. The van der Waals surface area contributed by atoms with E-state index in [0.29, 0.717) is 15.9 Å². The first-order valence-corrected chi connectivity index (χ1v) is 9.47. The molecule has 3 amide bonds. The third-order valence-electron chi connectivity index (χ3n) is 4.90. The second-order valence-electron chi connectivity index (χ2n) is 6.51. The average molecular weight is 374 g/mol. The predicted molar refractivity (Wildman–Crippen MR) is 93.0 cm³/mol. The van der Waals surface area contributed by atoms with E-state index in [2.05, 4.69) is 15.5 Å². The van der Waals surface area contributed by atoms with Gasteiger partial charge in [0.1, 0.15) is 0 Å².